The highest BCUT2D eigenvalue weighted by Gasteiger charge is 2.11. The Morgan fingerprint density at radius 3 is 2.06 bits per heavy atom. The van der Waals surface area contributed by atoms with Gasteiger partial charge in [-0.3, -0.25) is 0 Å². The first-order valence-electron chi connectivity index (χ1n) is 5.31. The maximum atomic E-state index is 5.82. The number of benzene rings is 2. The Labute approximate surface area is 107 Å². The lowest BCUT2D eigenvalue weighted by Crippen LogP contribution is -2.01. The molecule has 2 nitrogen and oxygen atoms in total. The summed E-state index contributed by atoms with van der Waals surface area (Å²) in [6.07, 6.45) is -2.05. The van der Waals surface area contributed by atoms with E-state index in [2.05, 4.69) is 5.09 Å². The molecule has 4 heteroatoms. The van der Waals surface area contributed by atoms with Crippen LogP contribution >= 0.6 is 6.42 Å². The van der Waals surface area contributed by atoms with E-state index in [0.717, 1.165) is 11.4 Å². The number of nitrogens with one attached hydrogen (secondary N) is 1. The molecule has 1 unspecified atom stereocenters. The van der Waals surface area contributed by atoms with Crippen molar-refractivity contribution < 1.29 is 4.52 Å². The van der Waals surface area contributed by atoms with Crippen LogP contribution < -0.4 is 9.61 Å². The van der Waals surface area contributed by atoms with E-state index in [-0.39, 0.29) is 0 Å². The molecule has 0 bridgehead atoms. The van der Waals surface area contributed by atoms with Crippen molar-refractivity contribution in [2.24, 2.45) is 0 Å². The van der Waals surface area contributed by atoms with Gasteiger partial charge in [-0.2, -0.15) is 0 Å². The van der Waals surface area contributed by atoms with E-state index in [4.69, 9.17) is 16.3 Å². The first kappa shape index (κ1) is 12.2. The van der Waals surface area contributed by atoms with Crippen molar-refractivity contribution in [1.82, 2.24) is 0 Å². The van der Waals surface area contributed by atoms with Gasteiger partial charge in [-0.15, -0.1) is 0 Å². The molecule has 0 saturated heterocycles. The standard InChI is InChI=1S/C13H14NOPS/c1-16(17,14-12-8-4-2-5-9-12)15-13-10-6-3-7-11-13/h2-11H,1H3,(H,14,17). The van der Waals surface area contributed by atoms with Gasteiger partial charge < -0.3 is 9.61 Å². The van der Waals surface area contributed by atoms with Gasteiger partial charge in [0.25, 0.3) is 0 Å². The van der Waals surface area contributed by atoms with Crippen LogP contribution in [0.4, 0.5) is 5.69 Å². The highest BCUT2D eigenvalue weighted by atomic mass is 32.4. The zero-order valence-electron chi connectivity index (χ0n) is 9.54. The summed E-state index contributed by atoms with van der Waals surface area (Å²) >= 11 is 5.49. The summed E-state index contributed by atoms with van der Waals surface area (Å²) in [7, 11) is 0. The SMILES string of the molecule is CP(=S)(Nc1ccccc1)Oc1ccccc1. The van der Waals surface area contributed by atoms with Gasteiger partial charge in [0, 0.05) is 12.4 Å². The van der Waals surface area contributed by atoms with E-state index in [0.29, 0.717) is 0 Å². The van der Waals surface area contributed by atoms with Gasteiger partial charge in [-0.25, -0.2) is 0 Å². The molecule has 1 N–H and O–H groups in total. The molecular weight excluding hydrogens is 249 g/mol. The van der Waals surface area contributed by atoms with Crippen LogP contribution in [0.1, 0.15) is 0 Å². The Bertz CT molecular complexity index is 470. The first-order chi connectivity index (χ1) is 8.16. The number of hydrogen-bond donors (Lipinski definition) is 1. The first-order valence-corrected chi connectivity index (χ1v) is 8.48. The average Bonchev–Trinajstić information content (AvgIpc) is 2.30. The molecule has 2 aromatic rings. The van der Waals surface area contributed by atoms with E-state index in [9.17, 15) is 0 Å². The van der Waals surface area contributed by atoms with Crippen LogP contribution in [0.3, 0.4) is 0 Å². The van der Waals surface area contributed by atoms with Crippen molar-refractivity contribution in [3.63, 3.8) is 0 Å². The Balaban J connectivity index is 2.07. The van der Waals surface area contributed by atoms with Crippen molar-refractivity contribution in [1.29, 1.82) is 0 Å². The molecule has 2 rings (SSSR count). The van der Waals surface area contributed by atoms with E-state index < -0.39 is 6.42 Å². The monoisotopic (exact) mass is 263 g/mol. The van der Waals surface area contributed by atoms with E-state index in [1.165, 1.54) is 0 Å². The third kappa shape index (κ3) is 3.88. The molecule has 0 fully saturated rings. The fourth-order valence-corrected chi connectivity index (χ4v) is 3.21. The van der Waals surface area contributed by atoms with Crippen molar-refractivity contribution in [2.75, 3.05) is 11.8 Å². The molecule has 1 atom stereocenters. The lowest BCUT2D eigenvalue weighted by molar-refractivity contribution is 0.620. The Hall–Kier alpha value is -1.31. The van der Waals surface area contributed by atoms with E-state index >= 15 is 0 Å². The van der Waals surface area contributed by atoms with Crippen LogP contribution in [0, 0.1) is 0 Å². The molecule has 0 radical (unpaired) electrons. The molecule has 2 aromatic carbocycles. The van der Waals surface area contributed by atoms with Crippen molar-refractivity contribution in [2.45, 2.75) is 0 Å². The summed E-state index contributed by atoms with van der Waals surface area (Å²) in [4.78, 5) is 0. The molecular formula is C13H14NOPS. The fourth-order valence-electron chi connectivity index (χ4n) is 1.45. The minimum atomic E-state index is -2.05. The summed E-state index contributed by atoms with van der Waals surface area (Å²) in [5.74, 6) is 0.807. The van der Waals surface area contributed by atoms with Crippen LogP contribution in [0.25, 0.3) is 0 Å². The zero-order valence-corrected chi connectivity index (χ0v) is 11.2. The van der Waals surface area contributed by atoms with Gasteiger partial charge in [0.05, 0.1) is 0 Å². The largest absolute Gasteiger partial charge is 0.449 e. The van der Waals surface area contributed by atoms with Gasteiger partial charge in [-0.1, -0.05) is 36.4 Å². The molecule has 0 saturated carbocycles. The predicted octanol–water partition coefficient (Wildman–Crippen LogP) is 4.12. The minimum absolute atomic E-state index is 0.807. The minimum Gasteiger partial charge on any atom is -0.449 e. The molecule has 0 amide bonds. The predicted molar refractivity (Wildman–Crippen MR) is 77.3 cm³/mol. The second kappa shape index (κ2) is 5.35. The zero-order chi connectivity index (χ0) is 12.1. The molecule has 0 heterocycles. The van der Waals surface area contributed by atoms with Crippen molar-refractivity contribution in [3.8, 4) is 5.75 Å². The van der Waals surface area contributed by atoms with Crippen LogP contribution in [0.15, 0.2) is 60.7 Å². The number of para-hydroxylation sites is 2. The molecule has 17 heavy (non-hydrogen) atoms. The maximum Gasteiger partial charge on any atom is 0.199 e. The molecule has 0 spiro atoms. The second-order valence-corrected chi connectivity index (χ2v) is 7.92. The molecule has 0 aliphatic rings. The molecule has 0 aliphatic carbocycles. The van der Waals surface area contributed by atoms with Gasteiger partial charge in [0.15, 0.2) is 6.42 Å². The second-order valence-electron chi connectivity index (χ2n) is 3.73. The highest BCUT2D eigenvalue weighted by Crippen LogP contribution is 2.43. The highest BCUT2D eigenvalue weighted by molar-refractivity contribution is 8.12. The lowest BCUT2D eigenvalue weighted by atomic mass is 10.3. The van der Waals surface area contributed by atoms with Gasteiger partial charge in [0.1, 0.15) is 5.75 Å². The van der Waals surface area contributed by atoms with Crippen LogP contribution in [0.2, 0.25) is 0 Å². The van der Waals surface area contributed by atoms with Gasteiger partial charge >= 0.3 is 0 Å². The van der Waals surface area contributed by atoms with Crippen LogP contribution in [0.5, 0.6) is 5.75 Å². The topological polar surface area (TPSA) is 21.3 Å². The van der Waals surface area contributed by atoms with E-state index in [1.54, 1.807) is 0 Å². The average molecular weight is 263 g/mol. The Morgan fingerprint density at radius 2 is 1.47 bits per heavy atom. The normalized spacial score (nSPS) is 13.7. The Kier molecular flexibility index (Phi) is 3.82. The molecule has 0 aliphatic heterocycles. The van der Waals surface area contributed by atoms with Gasteiger partial charge in [-0.05, 0) is 36.1 Å². The third-order valence-corrected chi connectivity index (χ3v) is 3.85. The number of hydrogen-bond acceptors (Lipinski definition) is 2. The fraction of sp³-hybridized carbons (Fsp3) is 0.0769. The smallest absolute Gasteiger partial charge is 0.199 e. The molecule has 0 aromatic heterocycles. The summed E-state index contributed by atoms with van der Waals surface area (Å²) < 4.78 is 5.82. The third-order valence-electron chi connectivity index (χ3n) is 2.13. The summed E-state index contributed by atoms with van der Waals surface area (Å²) in [6.45, 7) is 1.93. The summed E-state index contributed by atoms with van der Waals surface area (Å²) in [6, 6.07) is 19.5. The van der Waals surface area contributed by atoms with Crippen LogP contribution in [-0.2, 0) is 11.8 Å². The van der Waals surface area contributed by atoms with Crippen molar-refractivity contribution in [3.05, 3.63) is 60.7 Å². The summed E-state index contributed by atoms with van der Waals surface area (Å²) in [5.41, 5.74) is 0.995. The Morgan fingerprint density at radius 1 is 0.941 bits per heavy atom. The van der Waals surface area contributed by atoms with Crippen LogP contribution in [-0.4, -0.2) is 6.66 Å². The van der Waals surface area contributed by atoms with Gasteiger partial charge in [0.2, 0.25) is 0 Å². The summed E-state index contributed by atoms with van der Waals surface area (Å²) in [5, 5.41) is 3.27. The number of anilines is 1. The maximum absolute atomic E-state index is 5.82. The lowest BCUT2D eigenvalue weighted by Gasteiger charge is -2.20. The quantitative estimate of drug-likeness (QED) is 0.838. The molecule has 88 valence electrons. The van der Waals surface area contributed by atoms with Crippen molar-refractivity contribution >= 4 is 23.9 Å². The van der Waals surface area contributed by atoms with E-state index in [1.807, 2.05) is 67.3 Å². The number of rotatable bonds is 4.